The second-order valence-corrected chi connectivity index (χ2v) is 4.64. The van der Waals surface area contributed by atoms with Gasteiger partial charge in [0.1, 0.15) is 0 Å². The number of rotatable bonds is 3. The molecule has 2 unspecified atom stereocenters. The van der Waals surface area contributed by atoms with Crippen LogP contribution in [0, 0.1) is 6.92 Å². The van der Waals surface area contributed by atoms with E-state index in [9.17, 15) is 5.11 Å². The van der Waals surface area contributed by atoms with E-state index in [0.717, 1.165) is 25.8 Å². The van der Waals surface area contributed by atoms with Gasteiger partial charge in [0, 0.05) is 12.2 Å². The number of likely N-dealkylation sites (N-methyl/N-ethyl adjacent to an activating group) is 1. The van der Waals surface area contributed by atoms with Crippen LogP contribution in [0.5, 0.6) is 0 Å². The maximum Gasteiger partial charge on any atom is 0.0743 e. The summed E-state index contributed by atoms with van der Waals surface area (Å²) >= 11 is 0. The van der Waals surface area contributed by atoms with Gasteiger partial charge in [-0.3, -0.25) is 0 Å². The van der Waals surface area contributed by atoms with Crippen molar-refractivity contribution in [2.24, 2.45) is 0 Å². The molecule has 0 radical (unpaired) electrons. The van der Waals surface area contributed by atoms with Crippen LogP contribution in [0.4, 0.5) is 5.69 Å². The van der Waals surface area contributed by atoms with E-state index in [1.54, 1.807) is 0 Å². The molecule has 0 amide bonds. The summed E-state index contributed by atoms with van der Waals surface area (Å²) in [6.07, 6.45) is 3.06. The number of benzene rings is 1. The molecule has 0 bridgehead atoms. The Hall–Kier alpha value is -1.02. The van der Waals surface area contributed by atoms with Crippen LogP contribution in [0.3, 0.4) is 0 Å². The number of aryl methyl sites for hydroxylation is 1. The van der Waals surface area contributed by atoms with Gasteiger partial charge < -0.3 is 10.0 Å². The summed E-state index contributed by atoms with van der Waals surface area (Å²) in [6, 6.07) is 8.75. The third kappa shape index (κ3) is 2.07. The minimum atomic E-state index is -0.153. The molecule has 1 aliphatic carbocycles. The first-order valence-corrected chi connectivity index (χ1v) is 6.24. The van der Waals surface area contributed by atoms with Gasteiger partial charge in [-0.1, -0.05) is 18.2 Å². The van der Waals surface area contributed by atoms with Crippen molar-refractivity contribution in [3.8, 4) is 0 Å². The zero-order chi connectivity index (χ0) is 11.5. The smallest absolute Gasteiger partial charge is 0.0743 e. The SMILES string of the molecule is CCN(c1ccccc1C)C1CCCC1O. The summed E-state index contributed by atoms with van der Waals surface area (Å²) in [5, 5.41) is 10.0. The molecule has 2 rings (SSSR count). The third-order valence-electron chi connectivity index (χ3n) is 3.61. The standard InChI is InChI=1S/C14H21NO/c1-3-15(13-9-6-10-14(13)16)12-8-5-4-7-11(12)2/h4-5,7-8,13-14,16H,3,6,9-10H2,1-2H3. The van der Waals surface area contributed by atoms with E-state index in [4.69, 9.17) is 0 Å². The predicted octanol–water partition coefficient (Wildman–Crippen LogP) is 2.73. The molecule has 0 saturated heterocycles. The zero-order valence-corrected chi connectivity index (χ0v) is 10.2. The highest BCUT2D eigenvalue weighted by Crippen LogP contribution is 2.30. The van der Waals surface area contributed by atoms with E-state index in [-0.39, 0.29) is 6.10 Å². The molecule has 0 heterocycles. The molecule has 1 saturated carbocycles. The Balaban J connectivity index is 2.25. The molecule has 2 nitrogen and oxygen atoms in total. The normalized spacial score (nSPS) is 24.7. The number of aliphatic hydroxyl groups excluding tert-OH is 1. The van der Waals surface area contributed by atoms with E-state index >= 15 is 0 Å². The number of hydrogen-bond acceptors (Lipinski definition) is 2. The second-order valence-electron chi connectivity index (χ2n) is 4.64. The van der Waals surface area contributed by atoms with Crippen molar-refractivity contribution in [3.63, 3.8) is 0 Å². The zero-order valence-electron chi connectivity index (χ0n) is 10.2. The number of anilines is 1. The summed E-state index contributed by atoms with van der Waals surface area (Å²) in [7, 11) is 0. The first-order chi connectivity index (χ1) is 7.74. The molecular formula is C14H21NO. The number of para-hydroxylation sites is 1. The van der Waals surface area contributed by atoms with E-state index in [2.05, 4.69) is 43.0 Å². The predicted molar refractivity (Wildman–Crippen MR) is 67.8 cm³/mol. The van der Waals surface area contributed by atoms with Crippen molar-refractivity contribution < 1.29 is 5.11 Å². The van der Waals surface area contributed by atoms with Gasteiger partial charge in [-0.25, -0.2) is 0 Å². The van der Waals surface area contributed by atoms with Crippen molar-refractivity contribution >= 4 is 5.69 Å². The van der Waals surface area contributed by atoms with Crippen LogP contribution < -0.4 is 4.90 Å². The maximum atomic E-state index is 10.0. The van der Waals surface area contributed by atoms with Gasteiger partial charge in [-0.2, -0.15) is 0 Å². The number of aliphatic hydroxyl groups is 1. The average molecular weight is 219 g/mol. The van der Waals surface area contributed by atoms with Gasteiger partial charge in [0.25, 0.3) is 0 Å². The molecule has 88 valence electrons. The van der Waals surface area contributed by atoms with Gasteiger partial charge in [0.15, 0.2) is 0 Å². The van der Waals surface area contributed by atoms with Gasteiger partial charge in [-0.15, -0.1) is 0 Å². The van der Waals surface area contributed by atoms with E-state index in [0.29, 0.717) is 6.04 Å². The summed E-state index contributed by atoms with van der Waals surface area (Å²) in [4.78, 5) is 2.35. The molecule has 0 aliphatic heterocycles. The van der Waals surface area contributed by atoms with Gasteiger partial charge in [0.2, 0.25) is 0 Å². The van der Waals surface area contributed by atoms with Crippen LogP contribution in [-0.4, -0.2) is 23.8 Å². The summed E-state index contributed by atoms with van der Waals surface area (Å²) in [6.45, 7) is 5.27. The third-order valence-corrected chi connectivity index (χ3v) is 3.61. The molecule has 1 aromatic rings. The molecule has 1 N–H and O–H groups in total. The molecule has 1 aromatic carbocycles. The lowest BCUT2D eigenvalue weighted by Crippen LogP contribution is -2.40. The highest BCUT2D eigenvalue weighted by Gasteiger charge is 2.30. The first kappa shape index (κ1) is 11.5. The largest absolute Gasteiger partial charge is 0.391 e. The summed E-state index contributed by atoms with van der Waals surface area (Å²) in [5.41, 5.74) is 2.57. The summed E-state index contributed by atoms with van der Waals surface area (Å²) < 4.78 is 0. The van der Waals surface area contributed by atoms with Crippen LogP contribution >= 0.6 is 0 Å². The topological polar surface area (TPSA) is 23.5 Å². The average Bonchev–Trinajstić information content (AvgIpc) is 2.69. The van der Waals surface area contributed by atoms with Crippen molar-refractivity contribution in [2.45, 2.75) is 45.3 Å². The fraction of sp³-hybridized carbons (Fsp3) is 0.571. The minimum absolute atomic E-state index is 0.153. The van der Waals surface area contributed by atoms with Crippen LogP contribution in [0.25, 0.3) is 0 Å². The monoisotopic (exact) mass is 219 g/mol. The Morgan fingerprint density at radius 3 is 2.62 bits per heavy atom. The van der Waals surface area contributed by atoms with Crippen LogP contribution in [0.1, 0.15) is 31.7 Å². The Kier molecular flexibility index (Phi) is 3.49. The Morgan fingerprint density at radius 1 is 1.31 bits per heavy atom. The quantitative estimate of drug-likeness (QED) is 0.845. The van der Waals surface area contributed by atoms with Gasteiger partial charge in [0.05, 0.1) is 12.1 Å². The molecule has 16 heavy (non-hydrogen) atoms. The van der Waals surface area contributed by atoms with Crippen molar-refractivity contribution in [2.75, 3.05) is 11.4 Å². The van der Waals surface area contributed by atoms with Crippen molar-refractivity contribution in [1.82, 2.24) is 0 Å². The Bertz CT molecular complexity index is 350. The lowest BCUT2D eigenvalue weighted by Gasteiger charge is -2.33. The fourth-order valence-corrected chi connectivity index (χ4v) is 2.75. The van der Waals surface area contributed by atoms with Gasteiger partial charge >= 0.3 is 0 Å². The maximum absolute atomic E-state index is 10.0. The molecule has 0 spiro atoms. The Labute approximate surface area is 97.9 Å². The summed E-state index contributed by atoms with van der Waals surface area (Å²) in [5.74, 6) is 0. The molecule has 2 heteroatoms. The first-order valence-electron chi connectivity index (χ1n) is 6.24. The van der Waals surface area contributed by atoms with Crippen LogP contribution in [-0.2, 0) is 0 Å². The molecule has 0 aromatic heterocycles. The highest BCUT2D eigenvalue weighted by molar-refractivity contribution is 5.54. The fourth-order valence-electron chi connectivity index (χ4n) is 2.75. The van der Waals surface area contributed by atoms with Crippen molar-refractivity contribution in [1.29, 1.82) is 0 Å². The minimum Gasteiger partial charge on any atom is -0.391 e. The molecular weight excluding hydrogens is 198 g/mol. The molecule has 1 fully saturated rings. The number of nitrogens with zero attached hydrogens (tertiary/aromatic N) is 1. The van der Waals surface area contributed by atoms with E-state index < -0.39 is 0 Å². The second kappa shape index (κ2) is 4.88. The Morgan fingerprint density at radius 2 is 2.06 bits per heavy atom. The lowest BCUT2D eigenvalue weighted by atomic mass is 10.1. The molecule has 1 aliphatic rings. The highest BCUT2D eigenvalue weighted by atomic mass is 16.3. The van der Waals surface area contributed by atoms with Crippen molar-refractivity contribution in [3.05, 3.63) is 29.8 Å². The number of hydrogen-bond donors (Lipinski definition) is 1. The van der Waals surface area contributed by atoms with E-state index in [1.807, 2.05) is 0 Å². The molecule has 2 atom stereocenters. The van der Waals surface area contributed by atoms with Gasteiger partial charge in [-0.05, 0) is 44.7 Å². The van der Waals surface area contributed by atoms with E-state index in [1.165, 1.54) is 11.3 Å². The van der Waals surface area contributed by atoms with Crippen LogP contribution in [0.15, 0.2) is 24.3 Å². The van der Waals surface area contributed by atoms with Crippen LogP contribution in [0.2, 0.25) is 0 Å². The lowest BCUT2D eigenvalue weighted by molar-refractivity contribution is 0.161.